The third-order valence-corrected chi connectivity index (χ3v) is 4.38. The highest BCUT2D eigenvalue weighted by Crippen LogP contribution is 2.19. The Morgan fingerprint density at radius 1 is 1.05 bits per heavy atom. The van der Waals surface area contributed by atoms with E-state index in [9.17, 15) is 0 Å². The first-order valence-electron chi connectivity index (χ1n) is 6.62. The minimum Gasteiger partial charge on any atom is -0.306 e. The van der Waals surface area contributed by atoms with Crippen molar-refractivity contribution in [2.45, 2.75) is 33.4 Å². The molecule has 0 spiro atoms. The highest BCUT2D eigenvalue weighted by molar-refractivity contribution is 9.10. The average molecular weight is 318 g/mol. The van der Waals surface area contributed by atoms with E-state index in [1.54, 1.807) is 0 Å². The van der Waals surface area contributed by atoms with Gasteiger partial charge in [0.1, 0.15) is 0 Å². The lowest BCUT2D eigenvalue weighted by atomic mass is 10.0. The lowest BCUT2D eigenvalue weighted by molar-refractivity contribution is 0.572. The van der Waals surface area contributed by atoms with Crippen molar-refractivity contribution in [1.82, 2.24) is 5.32 Å². The third kappa shape index (κ3) is 3.68. The molecule has 1 N–H and O–H groups in total. The summed E-state index contributed by atoms with van der Waals surface area (Å²) in [4.78, 5) is 0. The van der Waals surface area contributed by atoms with E-state index in [4.69, 9.17) is 0 Å². The molecule has 1 atom stereocenters. The van der Waals surface area contributed by atoms with E-state index in [2.05, 4.69) is 84.5 Å². The largest absolute Gasteiger partial charge is 0.306 e. The standard InChI is InChI=1S/C17H20BrN/c1-12-6-4-5-7-16(12)14(3)19-11-15-8-9-17(18)13(2)10-15/h4-10,14,19H,11H2,1-3H3/t14-/m0/s1. The lowest BCUT2D eigenvalue weighted by Gasteiger charge is -2.17. The summed E-state index contributed by atoms with van der Waals surface area (Å²) in [5, 5.41) is 3.59. The average Bonchev–Trinajstić information content (AvgIpc) is 2.40. The summed E-state index contributed by atoms with van der Waals surface area (Å²) in [5.41, 5.74) is 5.31. The van der Waals surface area contributed by atoms with Crippen molar-refractivity contribution in [3.8, 4) is 0 Å². The van der Waals surface area contributed by atoms with Gasteiger partial charge >= 0.3 is 0 Å². The van der Waals surface area contributed by atoms with Gasteiger partial charge in [-0.3, -0.25) is 0 Å². The second-order valence-electron chi connectivity index (χ2n) is 5.04. The Labute approximate surface area is 124 Å². The second kappa shape index (κ2) is 6.36. The first kappa shape index (κ1) is 14.3. The molecule has 2 heteroatoms. The van der Waals surface area contributed by atoms with E-state index in [1.165, 1.54) is 26.7 Å². The Bertz CT molecular complexity index is 563. The number of hydrogen-bond donors (Lipinski definition) is 1. The maximum Gasteiger partial charge on any atom is 0.0297 e. The molecule has 0 fully saturated rings. The molecule has 0 aromatic heterocycles. The van der Waals surface area contributed by atoms with Gasteiger partial charge in [-0.2, -0.15) is 0 Å². The van der Waals surface area contributed by atoms with Crippen molar-refractivity contribution in [3.63, 3.8) is 0 Å². The molecular formula is C17H20BrN. The fourth-order valence-electron chi connectivity index (χ4n) is 2.27. The fourth-order valence-corrected chi connectivity index (χ4v) is 2.52. The number of halogens is 1. The highest BCUT2D eigenvalue weighted by Gasteiger charge is 2.07. The molecule has 2 aromatic rings. The van der Waals surface area contributed by atoms with Crippen LogP contribution >= 0.6 is 15.9 Å². The molecule has 0 aliphatic heterocycles. The summed E-state index contributed by atoms with van der Waals surface area (Å²) >= 11 is 3.54. The quantitative estimate of drug-likeness (QED) is 0.844. The molecule has 0 bridgehead atoms. The van der Waals surface area contributed by atoms with E-state index in [1.807, 2.05) is 0 Å². The molecule has 0 heterocycles. The topological polar surface area (TPSA) is 12.0 Å². The van der Waals surface area contributed by atoms with E-state index in [0.29, 0.717) is 6.04 Å². The van der Waals surface area contributed by atoms with E-state index < -0.39 is 0 Å². The van der Waals surface area contributed by atoms with Gasteiger partial charge in [-0.25, -0.2) is 0 Å². The van der Waals surface area contributed by atoms with Crippen LogP contribution in [-0.2, 0) is 6.54 Å². The van der Waals surface area contributed by atoms with Crippen molar-refractivity contribution in [1.29, 1.82) is 0 Å². The van der Waals surface area contributed by atoms with Crippen LogP contribution < -0.4 is 5.32 Å². The molecule has 19 heavy (non-hydrogen) atoms. The molecule has 0 saturated heterocycles. The summed E-state index contributed by atoms with van der Waals surface area (Å²) in [6.07, 6.45) is 0. The maximum absolute atomic E-state index is 3.59. The van der Waals surface area contributed by atoms with Crippen molar-refractivity contribution >= 4 is 15.9 Å². The molecule has 2 rings (SSSR count). The number of hydrogen-bond acceptors (Lipinski definition) is 1. The number of benzene rings is 2. The third-order valence-electron chi connectivity index (χ3n) is 3.49. The maximum atomic E-state index is 3.59. The summed E-state index contributed by atoms with van der Waals surface area (Å²) in [6, 6.07) is 15.4. The minimum atomic E-state index is 0.366. The van der Waals surface area contributed by atoms with Gasteiger partial charge in [-0.15, -0.1) is 0 Å². The lowest BCUT2D eigenvalue weighted by Crippen LogP contribution is -2.18. The van der Waals surface area contributed by atoms with E-state index in [0.717, 1.165) is 6.54 Å². The van der Waals surface area contributed by atoms with Crippen molar-refractivity contribution in [2.24, 2.45) is 0 Å². The fraction of sp³-hybridized carbons (Fsp3) is 0.294. The van der Waals surface area contributed by atoms with Gasteiger partial charge in [-0.05, 0) is 49.1 Å². The van der Waals surface area contributed by atoms with Crippen LogP contribution in [0.1, 0.15) is 35.2 Å². The van der Waals surface area contributed by atoms with Crippen LogP contribution in [0.15, 0.2) is 46.9 Å². The Morgan fingerprint density at radius 3 is 2.47 bits per heavy atom. The first-order valence-corrected chi connectivity index (χ1v) is 7.41. The summed E-state index contributed by atoms with van der Waals surface area (Å²) in [6.45, 7) is 7.40. The highest BCUT2D eigenvalue weighted by atomic mass is 79.9. The van der Waals surface area contributed by atoms with Crippen LogP contribution in [-0.4, -0.2) is 0 Å². The Hall–Kier alpha value is -1.12. The number of aryl methyl sites for hydroxylation is 2. The van der Waals surface area contributed by atoms with E-state index in [-0.39, 0.29) is 0 Å². The van der Waals surface area contributed by atoms with Gasteiger partial charge in [0.05, 0.1) is 0 Å². The van der Waals surface area contributed by atoms with Crippen LogP contribution in [0, 0.1) is 13.8 Å². The smallest absolute Gasteiger partial charge is 0.0297 e. The normalized spacial score (nSPS) is 12.4. The monoisotopic (exact) mass is 317 g/mol. The van der Waals surface area contributed by atoms with Gasteiger partial charge in [0.25, 0.3) is 0 Å². The predicted octanol–water partition coefficient (Wildman–Crippen LogP) is 4.92. The van der Waals surface area contributed by atoms with Crippen molar-refractivity contribution in [3.05, 3.63) is 69.2 Å². The number of rotatable bonds is 4. The molecule has 0 radical (unpaired) electrons. The van der Waals surface area contributed by atoms with Crippen LogP contribution in [0.3, 0.4) is 0 Å². The zero-order chi connectivity index (χ0) is 13.8. The van der Waals surface area contributed by atoms with Gasteiger partial charge in [0, 0.05) is 17.1 Å². The number of nitrogens with one attached hydrogen (secondary N) is 1. The molecule has 2 aromatic carbocycles. The van der Waals surface area contributed by atoms with Crippen LogP contribution in [0.4, 0.5) is 0 Å². The first-order chi connectivity index (χ1) is 9.08. The molecule has 0 aliphatic carbocycles. The van der Waals surface area contributed by atoms with Crippen molar-refractivity contribution in [2.75, 3.05) is 0 Å². The summed E-state index contributed by atoms with van der Waals surface area (Å²) < 4.78 is 1.17. The van der Waals surface area contributed by atoms with Crippen molar-refractivity contribution < 1.29 is 0 Å². The van der Waals surface area contributed by atoms with E-state index >= 15 is 0 Å². The molecular weight excluding hydrogens is 298 g/mol. The van der Waals surface area contributed by atoms with Crippen LogP contribution in [0.25, 0.3) is 0 Å². The molecule has 100 valence electrons. The molecule has 0 amide bonds. The minimum absolute atomic E-state index is 0.366. The van der Waals surface area contributed by atoms with Gasteiger partial charge < -0.3 is 5.32 Å². The zero-order valence-electron chi connectivity index (χ0n) is 11.7. The van der Waals surface area contributed by atoms with Crippen LogP contribution in [0.2, 0.25) is 0 Å². The molecule has 0 aliphatic rings. The zero-order valence-corrected chi connectivity index (χ0v) is 13.3. The summed E-state index contributed by atoms with van der Waals surface area (Å²) in [5.74, 6) is 0. The van der Waals surface area contributed by atoms with Crippen LogP contribution in [0.5, 0.6) is 0 Å². The Kier molecular flexibility index (Phi) is 4.78. The van der Waals surface area contributed by atoms with Gasteiger partial charge in [-0.1, -0.05) is 52.3 Å². The second-order valence-corrected chi connectivity index (χ2v) is 5.90. The van der Waals surface area contributed by atoms with Gasteiger partial charge in [0.2, 0.25) is 0 Å². The molecule has 0 unspecified atom stereocenters. The predicted molar refractivity (Wildman–Crippen MR) is 85.3 cm³/mol. The molecule has 1 nitrogen and oxygen atoms in total. The molecule has 0 saturated carbocycles. The summed E-state index contributed by atoms with van der Waals surface area (Å²) in [7, 11) is 0. The van der Waals surface area contributed by atoms with Gasteiger partial charge in [0.15, 0.2) is 0 Å². The Morgan fingerprint density at radius 2 is 1.79 bits per heavy atom. The SMILES string of the molecule is Cc1cc(CN[C@@H](C)c2ccccc2C)ccc1Br. The Balaban J connectivity index is 2.02.